The quantitative estimate of drug-likeness (QED) is 0.714. The molecule has 0 radical (unpaired) electrons. The number of H-pyrrole nitrogens is 1. The molecule has 8 nitrogen and oxygen atoms in total. The molecule has 0 aromatic carbocycles. The fraction of sp³-hybridized carbons (Fsp3) is 0.533. The van der Waals surface area contributed by atoms with Gasteiger partial charge in [-0.05, 0) is 13.8 Å². The van der Waals surface area contributed by atoms with Crippen LogP contribution < -0.4 is 16.2 Å². The number of rotatable bonds is 4. The molecule has 1 unspecified atom stereocenters. The molecule has 3 rings (SSSR count). The number of ether oxygens (including phenoxy) is 1. The fourth-order valence-electron chi connectivity index (χ4n) is 2.85. The Morgan fingerprint density at radius 1 is 1.52 bits per heavy atom. The molecule has 1 aliphatic rings. The maximum Gasteiger partial charge on any atom is 0.266 e. The van der Waals surface area contributed by atoms with Crippen molar-refractivity contribution in [2.45, 2.75) is 32.9 Å². The number of carbonyl (C=O) groups excluding carboxylic acids is 1. The molecule has 2 aromatic heterocycles. The van der Waals surface area contributed by atoms with Crippen LogP contribution in [0, 0.1) is 13.8 Å². The van der Waals surface area contributed by atoms with Crippen molar-refractivity contribution in [2.75, 3.05) is 19.8 Å². The normalized spacial score (nSPS) is 18.3. The largest absolute Gasteiger partial charge is 0.378 e. The molecular weight excluding hydrogens is 298 g/mol. The average molecular weight is 319 g/mol. The minimum atomic E-state index is -0.190. The summed E-state index contributed by atoms with van der Waals surface area (Å²) in [5, 5.41) is 8.88. The highest BCUT2D eigenvalue weighted by Crippen LogP contribution is 2.13. The molecular formula is C15H21N5O3. The van der Waals surface area contributed by atoms with Gasteiger partial charge >= 0.3 is 0 Å². The van der Waals surface area contributed by atoms with E-state index >= 15 is 0 Å². The predicted molar refractivity (Wildman–Crippen MR) is 84.4 cm³/mol. The van der Waals surface area contributed by atoms with E-state index in [9.17, 15) is 9.59 Å². The van der Waals surface area contributed by atoms with Crippen LogP contribution in [0.2, 0.25) is 0 Å². The highest BCUT2D eigenvalue weighted by Gasteiger charge is 2.17. The van der Waals surface area contributed by atoms with E-state index in [-0.39, 0.29) is 17.5 Å². The van der Waals surface area contributed by atoms with Gasteiger partial charge < -0.3 is 15.4 Å². The molecule has 0 bridgehead atoms. The third kappa shape index (κ3) is 3.43. The van der Waals surface area contributed by atoms with Crippen LogP contribution in [0.3, 0.4) is 0 Å². The van der Waals surface area contributed by atoms with Crippen LogP contribution in [0.15, 0.2) is 10.9 Å². The van der Waals surface area contributed by atoms with Crippen LogP contribution in [0.25, 0.3) is 5.65 Å². The maximum atomic E-state index is 12.1. The lowest BCUT2D eigenvalue weighted by molar-refractivity contribution is -0.122. The van der Waals surface area contributed by atoms with Crippen molar-refractivity contribution in [3.63, 3.8) is 0 Å². The number of hydrogen-bond acceptors (Lipinski definition) is 5. The molecule has 1 fully saturated rings. The van der Waals surface area contributed by atoms with Crippen LogP contribution in [0.1, 0.15) is 23.4 Å². The van der Waals surface area contributed by atoms with Gasteiger partial charge in [0.1, 0.15) is 0 Å². The summed E-state index contributed by atoms with van der Waals surface area (Å²) in [6, 6.07) is 1.52. The van der Waals surface area contributed by atoms with E-state index in [2.05, 4.69) is 20.7 Å². The maximum absolute atomic E-state index is 12.1. The molecule has 3 heterocycles. The van der Waals surface area contributed by atoms with Gasteiger partial charge in [-0.3, -0.25) is 14.7 Å². The van der Waals surface area contributed by atoms with E-state index in [1.54, 1.807) is 4.52 Å². The Morgan fingerprint density at radius 3 is 3.09 bits per heavy atom. The fourth-order valence-corrected chi connectivity index (χ4v) is 2.85. The van der Waals surface area contributed by atoms with Gasteiger partial charge in [-0.2, -0.15) is 0 Å². The zero-order chi connectivity index (χ0) is 16.4. The third-order valence-electron chi connectivity index (χ3n) is 4.10. The smallest absolute Gasteiger partial charge is 0.266 e. The van der Waals surface area contributed by atoms with E-state index in [1.165, 1.54) is 6.07 Å². The minimum Gasteiger partial charge on any atom is -0.378 e. The van der Waals surface area contributed by atoms with Crippen molar-refractivity contribution in [2.24, 2.45) is 0 Å². The highest BCUT2D eigenvalue weighted by molar-refractivity contribution is 5.76. The number of nitrogens with zero attached hydrogens (tertiary/aromatic N) is 2. The number of aromatic amines is 1. The first kappa shape index (κ1) is 15.7. The molecule has 1 atom stereocenters. The minimum absolute atomic E-state index is 0.0344. The molecule has 8 heteroatoms. The van der Waals surface area contributed by atoms with Gasteiger partial charge in [0.2, 0.25) is 5.91 Å². The first-order valence-electron chi connectivity index (χ1n) is 7.70. The van der Waals surface area contributed by atoms with Gasteiger partial charge in [0.25, 0.3) is 5.56 Å². The Hall–Kier alpha value is -2.19. The molecule has 0 aliphatic carbocycles. The molecule has 1 aliphatic heterocycles. The zero-order valence-corrected chi connectivity index (χ0v) is 13.3. The first-order valence-corrected chi connectivity index (χ1v) is 7.70. The molecule has 0 spiro atoms. The molecule has 124 valence electrons. The second kappa shape index (κ2) is 6.51. The van der Waals surface area contributed by atoms with Crippen molar-refractivity contribution in [3.05, 3.63) is 33.4 Å². The van der Waals surface area contributed by atoms with Gasteiger partial charge in [0.15, 0.2) is 5.65 Å². The summed E-state index contributed by atoms with van der Waals surface area (Å²) < 4.78 is 6.99. The van der Waals surface area contributed by atoms with Gasteiger partial charge in [-0.25, -0.2) is 9.50 Å². The van der Waals surface area contributed by atoms with Crippen LogP contribution >= 0.6 is 0 Å². The van der Waals surface area contributed by atoms with E-state index in [0.717, 1.165) is 23.5 Å². The first-order chi connectivity index (χ1) is 11.0. The number of carbonyl (C=O) groups is 1. The second-order valence-corrected chi connectivity index (χ2v) is 5.78. The summed E-state index contributed by atoms with van der Waals surface area (Å²) in [6.45, 7) is 6.18. The Labute approximate surface area is 133 Å². The SMILES string of the molecule is Cc1nc2cc(=O)[nH]n2c(C)c1CNC(=O)CC1COCCN1. The molecule has 0 saturated carbocycles. The van der Waals surface area contributed by atoms with Gasteiger partial charge in [-0.1, -0.05) is 0 Å². The van der Waals surface area contributed by atoms with Crippen LogP contribution in [-0.2, 0) is 16.1 Å². The standard InChI is InChI=1S/C15H21N5O3/c1-9-12(10(2)20-13(18-9)6-15(22)19-20)7-17-14(21)5-11-8-23-4-3-16-11/h6,11,16H,3-5,7-8H2,1-2H3,(H,17,21)(H,19,22). The Balaban J connectivity index is 1.68. The number of hydrogen-bond donors (Lipinski definition) is 3. The van der Waals surface area contributed by atoms with Crippen molar-refractivity contribution in [1.82, 2.24) is 25.2 Å². The predicted octanol–water partition coefficient (Wildman–Crippen LogP) is -0.366. The zero-order valence-electron chi connectivity index (χ0n) is 13.3. The summed E-state index contributed by atoms with van der Waals surface area (Å²) in [5.74, 6) is -0.0344. The van der Waals surface area contributed by atoms with Crippen LogP contribution in [-0.4, -0.2) is 46.3 Å². The number of nitrogens with one attached hydrogen (secondary N) is 3. The summed E-state index contributed by atoms with van der Waals surface area (Å²) in [4.78, 5) is 27.9. The Kier molecular flexibility index (Phi) is 4.44. The second-order valence-electron chi connectivity index (χ2n) is 5.78. The van der Waals surface area contributed by atoms with Crippen LogP contribution in [0.4, 0.5) is 0 Å². The topological polar surface area (TPSA) is 101 Å². The average Bonchev–Trinajstić information content (AvgIpc) is 2.88. The summed E-state index contributed by atoms with van der Waals surface area (Å²) >= 11 is 0. The monoisotopic (exact) mass is 319 g/mol. The molecule has 3 N–H and O–H groups in total. The van der Waals surface area contributed by atoms with Crippen molar-refractivity contribution < 1.29 is 9.53 Å². The van der Waals surface area contributed by atoms with Crippen molar-refractivity contribution in [3.8, 4) is 0 Å². The summed E-state index contributed by atoms with van der Waals surface area (Å²) in [7, 11) is 0. The lowest BCUT2D eigenvalue weighted by Crippen LogP contribution is -2.44. The number of aryl methyl sites for hydroxylation is 2. The lowest BCUT2D eigenvalue weighted by atomic mass is 10.1. The molecule has 1 saturated heterocycles. The number of aromatic nitrogens is 3. The number of fused-ring (bicyclic) bond motifs is 1. The van der Waals surface area contributed by atoms with E-state index in [1.807, 2.05) is 13.8 Å². The van der Waals surface area contributed by atoms with E-state index < -0.39 is 0 Å². The number of morpholine rings is 1. The van der Waals surface area contributed by atoms with E-state index in [0.29, 0.717) is 31.8 Å². The Bertz CT molecular complexity index is 773. The molecule has 23 heavy (non-hydrogen) atoms. The summed E-state index contributed by atoms with van der Waals surface area (Å²) in [5.41, 5.74) is 2.98. The van der Waals surface area contributed by atoms with Crippen LogP contribution in [0.5, 0.6) is 0 Å². The third-order valence-corrected chi connectivity index (χ3v) is 4.10. The van der Waals surface area contributed by atoms with Crippen molar-refractivity contribution >= 4 is 11.6 Å². The molecule has 2 aromatic rings. The molecule has 1 amide bonds. The summed E-state index contributed by atoms with van der Waals surface area (Å²) in [6.07, 6.45) is 0.383. The number of amides is 1. The highest BCUT2D eigenvalue weighted by atomic mass is 16.5. The van der Waals surface area contributed by atoms with Gasteiger partial charge in [0.05, 0.1) is 13.2 Å². The lowest BCUT2D eigenvalue weighted by Gasteiger charge is -2.23. The Morgan fingerprint density at radius 2 is 2.35 bits per heavy atom. The van der Waals surface area contributed by atoms with Gasteiger partial charge in [0, 0.05) is 48.6 Å². The van der Waals surface area contributed by atoms with E-state index in [4.69, 9.17) is 4.74 Å². The van der Waals surface area contributed by atoms with Gasteiger partial charge in [-0.15, -0.1) is 0 Å². The van der Waals surface area contributed by atoms with Crippen molar-refractivity contribution in [1.29, 1.82) is 0 Å².